The van der Waals surface area contributed by atoms with Gasteiger partial charge in [-0.2, -0.15) is 0 Å². The van der Waals surface area contributed by atoms with E-state index in [1.54, 1.807) is 11.3 Å². The molecule has 0 unspecified atom stereocenters. The van der Waals surface area contributed by atoms with Gasteiger partial charge in [0.25, 0.3) is 0 Å². The standard InChI is InChI=1S/C20H18BrN3S2/c1-12-7-13(2)9-15(8-12)24-19(17-10-14(21)11-26-17)18(23-20(24)25)16-5-3-4-6-22-16/h3-11,18-19H,1-2H3,(H,23,25)/t18-,19-/m0/s1. The third kappa shape index (κ3) is 3.29. The van der Waals surface area contributed by atoms with Crippen molar-refractivity contribution >= 4 is 50.3 Å². The highest BCUT2D eigenvalue weighted by Gasteiger charge is 2.41. The predicted octanol–water partition coefficient (Wildman–Crippen LogP) is 5.70. The number of nitrogens with zero attached hydrogens (tertiary/aromatic N) is 2. The van der Waals surface area contributed by atoms with Crippen molar-refractivity contribution in [2.75, 3.05) is 4.90 Å². The molecular formula is C20H18BrN3S2. The molecule has 132 valence electrons. The minimum Gasteiger partial charge on any atom is -0.351 e. The van der Waals surface area contributed by atoms with E-state index >= 15 is 0 Å². The van der Waals surface area contributed by atoms with Gasteiger partial charge in [-0.25, -0.2) is 0 Å². The van der Waals surface area contributed by atoms with Gasteiger partial charge in [-0.1, -0.05) is 12.1 Å². The van der Waals surface area contributed by atoms with Crippen molar-refractivity contribution in [2.24, 2.45) is 0 Å². The second kappa shape index (κ2) is 7.10. The number of hydrogen-bond acceptors (Lipinski definition) is 3. The molecular weight excluding hydrogens is 426 g/mol. The number of rotatable bonds is 3. The lowest BCUT2D eigenvalue weighted by Crippen LogP contribution is -2.29. The van der Waals surface area contributed by atoms with Crippen LogP contribution in [0.4, 0.5) is 5.69 Å². The van der Waals surface area contributed by atoms with E-state index < -0.39 is 0 Å². The molecule has 26 heavy (non-hydrogen) atoms. The lowest BCUT2D eigenvalue weighted by atomic mass is 10.0. The third-order valence-corrected chi connectivity index (χ3v) is 6.54. The Hall–Kier alpha value is -1.76. The Balaban J connectivity index is 1.85. The van der Waals surface area contributed by atoms with Crippen LogP contribution in [0.3, 0.4) is 0 Å². The Kier molecular flexibility index (Phi) is 4.82. The van der Waals surface area contributed by atoms with Crippen LogP contribution < -0.4 is 10.2 Å². The van der Waals surface area contributed by atoms with E-state index in [0.717, 1.165) is 21.0 Å². The van der Waals surface area contributed by atoms with Gasteiger partial charge < -0.3 is 10.2 Å². The molecule has 2 atom stereocenters. The van der Waals surface area contributed by atoms with Gasteiger partial charge in [0.1, 0.15) is 0 Å². The maximum atomic E-state index is 5.75. The number of benzene rings is 1. The van der Waals surface area contributed by atoms with Crippen LogP contribution in [0.2, 0.25) is 0 Å². The van der Waals surface area contributed by atoms with Crippen molar-refractivity contribution in [3.63, 3.8) is 0 Å². The van der Waals surface area contributed by atoms with Gasteiger partial charge in [0, 0.05) is 26.6 Å². The highest BCUT2D eigenvalue weighted by atomic mass is 79.9. The Bertz CT molecular complexity index is 934. The molecule has 3 heterocycles. The van der Waals surface area contributed by atoms with Gasteiger partial charge in [-0.05, 0) is 83.5 Å². The summed E-state index contributed by atoms with van der Waals surface area (Å²) in [5.74, 6) is 0. The van der Waals surface area contributed by atoms with Gasteiger partial charge in [0.15, 0.2) is 5.11 Å². The molecule has 1 aromatic carbocycles. The van der Waals surface area contributed by atoms with E-state index in [2.05, 4.69) is 80.7 Å². The van der Waals surface area contributed by atoms with Crippen LogP contribution in [0, 0.1) is 13.8 Å². The number of aromatic nitrogens is 1. The highest BCUT2D eigenvalue weighted by molar-refractivity contribution is 9.10. The molecule has 1 N–H and O–H groups in total. The summed E-state index contributed by atoms with van der Waals surface area (Å²) in [6.45, 7) is 4.24. The number of pyridine rings is 1. The second-order valence-corrected chi connectivity index (χ2v) is 8.75. The van der Waals surface area contributed by atoms with Crippen LogP contribution in [0.25, 0.3) is 0 Å². The van der Waals surface area contributed by atoms with E-state index in [4.69, 9.17) is 12.2 Å². The van der Waals surface area contributed by atoms with Gasteiger partial charge in [-0.3, -0.25) is 4.98 Å². The molecule has 1 saturated heterocycles. The number of nitrogens with one attached hydrogen (secondary N) is 1. The maximum absolute atomic E-state index is 5.75. The summed E-state index contributed by atoms with van der Waals surface area (Å²) >= 11 is 11.1. The average molecular weight is 444 g/mol. The molecule has 1 fully saturated rings. The van der Waals surface area contributed by atoms with Crippen molar-refractivity contribution in [3.05, 3.63) is 80.2 Å². The first-order chi connectivity index (χ1) is 12.5. The molecule has 0 aliphatic carbocycles. The third-order valence-electron chi connectivity index (χ3n) is 4.46. The number of thiocarbonyl (C=S) groups is 1. The van der Waals surface area contributed by atoms with Gasteiger partial charge >= 0.3 is 0 Å². The Morgan fingerprint density at radius 2 is 1.92 bits per heavy atom. The van der Waals surface area contributed by atoms with E-state index in [1.807, 2.05) is 18.3 Å². The number of thiophene rings is 1. The molecule has 0 radical (unpaired) electrons. The fourth-order valence-corrected chi connectivity index (χ4v) is 5.41. The SMILES string of the molecule is Cc1cc(C)cc(N2C(=S)N[C@@H](c3ccccn3)[C@@H]2c2cc(Br)cs2)c1. The molecule has 0 bridgehead atoms. The normalized spacial score (nSPS) is 19.7. The van der Waals surface area contributed by atoms with E-state index in [0.29, 0.717) is 0 Å². The molecule has 1 aliphatic heterocycles. The summed E-state index contributed by atoms with van der Waals surface area (Å²) in [4.78, 5) is 8.06. The minimum absolute atomic E-state index is 0.00932. The minimum atomic E-state index is 0.00932. The fraction of sp³-hybridized carbons (Fsp3) is 0.200. The Labute approximate surface area is 171 Å². The molecule has 2 aromatic heterocycles. The van der Waals surface area contributed by atoms with Crippen molar-refractivity contribution in [1.82, 2.24) is 10.3 Å². The van der Waals surface area contributed by atoms with Crippen LogP contribution in [-0.4, -0.2) is 10.1 Å². The average Bonchev–Trinajstić information content (AvgIpc) is 3.18. The van der Waals surface area contributed by atoms with Crippen LogP contribution >= 0.6 is 39.5 Å². The van der Waals surface area contributed by atoms with Crippen molar-refractivity contribution in [2.45, 2.75) is 25.9 Å². The van der Waals surface area contributed by atoms with Crippen LogP contribution in [0.5, 0.6) is 0 Å². The summed E-state index contributed by atoms with van der Waals surface area (Å²) < 4.78 is 1.09. The lowest BCUT2D eigenvalue weighted by molar-refractivity contribution is 0.575. The van der Waals surface area contributed by atoms with Crippen LogP contribution in [0.15, 0.2) is 58.5 Å². The van der Waals surface area contributed by atoms with Crippen molar-refractivity contribution in [1.29, 1.82) is 0 Å². The zero-order valence-corrected chi connectivity index (χ0v) is 17.7. The van der Waals surface area contributed by atoms with Gasteiger partial charge in [-0.15, -0.1) is 11.3 Å². The molecule has 3 aromatic rings. The number of hydrogen-bond donors (Lipinski definition) is 1. The van der Waals surface area contributed by atoms with Crippen molar-refractivity contribution < 1.29 is 0 Å². The smallest absolute Gasteiger partial charge is 0.174 e. The second-order valence-electron chi connectivity index (χ2n) is 6.51. The first-order valence-corrected chi connectivity index (χ1v) is 10.4. The summed E-state index contributed by atoms with van der Waals surface area (Å²) in [6, 6.07) is 14.8. The Morgan fingerprint density at radius 1 is 1.15 bits per heavy atom. The first-order valence-electron chi connectivity index (χ1n) is 8.36. The summed E-state index contributed by atoms with van der Waals surface area (Å²) in [5, 5.41) is 6.35. The van der Waals surface area contributed by atoms with Crippen LogP contribution in [0.1, 0.15) is 33.8 Å². The first kappa shape index (κ1) is 17.6. The Morgan fingerprint density at radius 3 is 2.54 bits per heavy atom. The van der Waals surface area contributed by atoms with Gasteiger partial charge in [0.2, 0.25) is 0 Å². The van der Waals surface area contributed by atoms with E-state index in [1.165, 1.54) is 16.0 Å². The largest absolute Gasteiger partial charge is 0.351 e. The number of anilines is 1. The summed E-state index contributed by atoms with van der Waals surface area (Å²) in [5.41, 5.74) is 4.58. The topological polar surface area (TPSA) is 28.2 Å². The zero-order valence-electron chi connectivity index (χ0n) is 14.4. The predicted molar refractivity (Wildman–Crippen MR) is 116 cm³/mol. The molecule has 4 rings (SSSR count). The number of aryl methyl sites for hydroxylation is 2. The summed E-state index contributed by atoms with van der Waals surface area (Å²) in [7, 11) is 0. The molecule has 6 heteroatoms. The number of halogens is 1. The molecule has 0 amide bonds. The molecule has 0 spiro atoms. The van der Waals surface area contributed by atoms with Crippen molar-refractivity contribution in [3.8, 4) is 0 Å². The van der Waals surface area contributed by atoms with Gasteiger partial charge in [0.05, 0.1) is 17.8 Å². The van der Waals surface area contributed by atoms with E-state index in [-0.39, 0.29) is 12.1 Å². The molecule has 3 nitrogen and oxygen atoms in total. The zero-order chi connectivity index (χ0) is 18.3. The molecule has 1 aliphatic rings. The molecule has 0 saturated carbocycles. The van der Waals surface area contributed by atoms with E-state index in [9.17, 15) is 0 Å². The quantitative estimate of drug-likeness (QED) is 0.525. The van der Waals surface area contributed by atoms with Crippen LogP contribution in [-0.2, 0) is 0 Å². The maximum Gasteiger partial charge on any atom is 0.174 e. The highest BCUT2D eigenvalue weighted by Crippen LogP contribution is 2.44. The lowest BCUT2D eigenvalue weighted by Gasteiger charge is -2.27. The monoisotopic (exact) mass is 443 g/mol. The fourth-order valence-electron chi connectivity index (χ4n) is 3.49. The summed E-state index contributed by atoms with van der Waals surface area (Å²) in [6.07, 6.45) is 1.83.